The lowest BCUT2D eigenvalue weighted by atomic mass is 9.78. The minimum Gasteiger partial charge on any atom is -0.394 e. The Bertz CT molecular complexity index is 570. The molecule has 138 valence electrons. The molecular formula is C20H30N2O3. The molecule has 1 N–H and O–H groups in total. The fourth-order valence-corrected chi connectivity index (χ4v) is 3.82. The van der Waals surface area contributed by atoms with Crippen LogP contribution in [-0.2, 0) is 16.1 Å². The molecule has 25 heavy (non-hydrogen) atoms. The summed E-state index contributed by atoms with van der Waals surface area (Å²) >= 11 is 0. The second-order valence-corrected chi connectivity index (χ2v) is 7.77. The van der Waals surface area contributed by atoms with E-state index in [0.29, 0.717) is 13.2 Å². The summed E-state index contributed by atoms with van der Waals surface area (Å²) in [5.74, 6) is 0.223. The molecule has 5 nitrogen and oxygen atoms in total. The van der Waals surface area contributed by atoms with Crippen LogP contribution in [0, 0.1) is 5.41 Å². The van der Waals surface area contributed by atoms with Crippen LogP contribution in [0.4, 0.5) is 0 Å². The van der Waals surface area contributed by atoms with Gasteiger partial charge in [-0.15, -0.1) is 0 Å². The van der Waals surface area contributed by atoms with Crippen molar-refractivity contribution in [1.82, 2.24) is 9.80 Å². The Morgan fingerprint density at radius 1 is 1.28 bits per heavy atom. The molecule has 2 aliphatic rings. The first kappa shape index (κ1) is 18.4. The molecule has 5 heteroatoms. The third-order valence-electron chi connectivity index (χ3n) is 5.69. The minimum absolute atomic E-state index is 0.0297. The van der Waals surface area contributed by atoms with Crippen LogP contribution in [0.15, 0.2) is 30.3 Å². The van der Waals surface area contributed by atoms with E-state index in [-0.39, 0.29) is 30.1 Å². The zero-order valence-corrected chi connectivity index (χ0v) is 15.4. The molecule has 0 bridgehead atoms. The van der Waals surface area contributed by atoms with Gasteiger partial charge >= 0.3 is 0 Å². The second kappa shape index (κ2) is 7.85. The first-order valence-electron chi connectivity index (χ1n) is 9.31. The van der Waals surface area contributed by atoms with Crippen molar-refractivity contribution < 1.29 is 14.6 Å². The van der Waals surface area contributed by atoms with Crippen LogP contribution >= 0.6 is 0 Å². The molecule has 0 saturated carbocycles. The van der Waals surface area contributed by atoms with Crippen LogP contribution in [-0.4, -0.2) is 65.8 Å². The Morgan fingerprint density at radius 2 is 1.96 bits per heavy atom. The number of rotatable bonds is 4. The highest BCUT2D eigenvalue weighted by molar-refractivity contribution is 5.83. The minimum atomic E-state index is -0.307. The largest absolute Gasteiger partial charge is 0.394 e. The molecule has 2 saturated heterocycles. The van der Waals surface area contributed by atoms with Crippen LogP contribution < -0.4 is 0 Å². The number of aliphatic hydroxyl groups excluding tert-OH is 1. The average Bonchev–Trinajstić information content (AvgIpc) is 2.64. The third-order valence-corrected chi connectivity index (χ3v) is 5.69. The van der Waals surface area contributed by atoms with E-state index < -0.39 is 0 Å². The molecule has 0 unspecified atom stereocenters. The van der Waals surface area contributed by atoms with Gasteiger partial charge in [0.05, 0.1) is 25.4 Å². The van der Waals surface area contributed by atoms with Gasteiger partial charge in [0.2, 0.25) is 5.91 Å². The lowest BCUT2D eigenvalue weighted by Crippen LogP contribution is -2.57. The number of hydrogen-bond acceptors (Lipinski definition) is 4. The molecule has 3 rings (SSSR count). The number of benzene rings is 1. The predicted octanol–water partition coefficient (Wildman–Crippen LogP) is 1.90. The van der Waals surface area contributed by atoms with Gasteiger partial charge in [-0.3, -0.25) is 9.69 Å². The average molecular weight is 346 g/mol. The quantitative estimate of drug-likeness (QED) is 0.905. The summed E-state index contributed by atoms with van der Waals surface area (Å²) in [5.41, 5.74) is 1.02. The van der Waals surface area contributed by atoms with E-state index in [0.717, 1.165) is 32.5 Å². The zero-order valence-electron chi connectivity index (χ0n) is 15.4. The summed E-state index contributed by atoms with van der Waals surface area (Å²) in [7, 11) is 0. The van der Waals surface area contributed by atoms with E-state index >= 15 is 0 Å². The summed E-state index contributed by atoms with van der Waals surface area (Å²) in [4.78, 5) is 17.5. The number of aliphatic hydroxyl groups is 1. The number of carbonyl (C=O) groups is 1. The van der Waals surface area contributed by atoms with E-state index in [1.54, 1.807) is 0 Å². The van der Waals surface area contributed by atoms with Crippen LogP contribution in [0.3, 0.4) is 0 Å². The molecule has 1 aromatic rings. The SMILES string of the molecule is C[C@H]1CO[C@H](CO)CN1C(=O)C1(C)CCN(Cc2ccccc2)CC1. The van der Waals surface area contributed by atoms with Gasteiger partial charge in [-0.25, -0.2) is 0 Å². The monoisotopic (exact) mass is 346 g/mol. The fourth-order valence-electron chi connectivity index (χ4n) is 3.82. The van der Waals surface area contributed by atoms with E-state index in [1.807, 2.05) is 17.9 Å². The van der Waals surface area contributed by atoms with Crippen molar-refractivity contribution in [1.29, 1.82) is 0 Å². The number of likely N-dealkylation sites (tertiary alicyclic amines) is 1. The van der Waals surface area contributed by atoms with Gasteiger partial charge in [0.25, 0.3) is 0 Å². The normalized spacial score (nSPS) is 27.2. The molecule has 2 aliphatic heterocycles. The van der Waals surface area contributed by atoms with Crippen LogP contribution in [0.5, 0.6) is 0 Å². The zero-order chi connectivity index (χ0) is 17.9. The van der Waals surface area contributed by atoms with Crippen molar-refractivity contribution in [3.8, 4) is 0 Å². The number of ether oxygens (including phenoxy) is 1. The van der Waals surface area contributed by atoms with Gasteiger partial charge in [-0.1, -0.05) is 37.3 Å². The number of nitrogens with zero attached hydrogens (tertiary/aromatic N) is 2. The molecule has 0 aliphatic carbocycles. The summed E-state index contributed by atoms with van der Waals surface area (Å²) in [5, 5.41) is 9.36. The lowest BCUT2D eigenvalue weighted by molar-refractivity contribution is -0.158. The highest BCUT2D eigenvalue weighted by atomic mass is 16.5. The summed E-state index contributed by atoms with van der Waals surface area (Å²) in [6, 6.07) is 10.6. The summed E-state index contributed by atoms with van der Waals surface area (Å²) in [6.07, 6.45) is 1.51. The van der Waals surface area contributed by atoms with Gasteiger partial charge < -0.3 is 14.7 Å². The molecular weight excluding hydrogens is 316 g/mol. The molecule has 0 aromatic heterocycles. The highest BCUT2D eigenvalue weighted by Crippen LogP contribution is 2.35. The van der Waals surface area contributed by atoms with Gasteiger partial charge in [-0.05, 0) is 38.4 Å². The Kier molecular flexibility index (Phi) is 5.77. The van der Waals surface area contributed by atoms with Crippen molar-refractivity contribution in [2.24, 2.45) is 5.41 Å². The second-order valence-electron chi connectivity index (χ2n) is 7.77. The maximum atomic E-state index is 13.2. The Morgan fingerprint density at radius 3 is 2.60 bits per heavy atom. The molecule has 1 amide bonds. The van der Waals surface area contributed by atoms with E-state index in [4.69, 9.17) is 4.74 Å². The lowest BCUT2D eigenvalue weighted by Gasteiger charge is -2.45. The van der Waals surface area contributed by atoms with Gasteiger partial charge in [0.15, 0.2) is 0 Å². The predicted molar refractivity (Wildman–Crippen MR) is 97.1 cm³/mol. The summed E-state index contributed by atoms with van der Waals surface area (Å²) < 4.78 is 5.57. The van der Waals surface area contributed by atoms with Crippen molar-refractivity contribution in [3.05, 3.63) is 35.9 Å². The molecule has 2 atom stereocenters. The molecule has 0 spiro atoms. The van der Waals surface area contributed by atoms with Crippen LogP contribution in [0.1, 0.15) is 32.3 Å². The molecule has 0 radical (unpaired) electrons. The van der Waals surface area contributed by atoms with Crippen molar-refractivity contribution in [3.63, 3.8) is 0 Å². The number of amides is 1. The number of hydrogen-bond donors (Lipinski definition) is 1. The third kappa shape index (κ3) is 4.22. The highest BCUT2D eigenvalue weighted by Gasteiger charge is 2.42. The first-order chi connectivity index (χ1) is 12.0. The Labute approximate surface area is 150 Å². The van der Waals surface area contributed by atoms with Crippen molar-refractivity contribution >= 4 is 5.91 Å². The fraction of sp³-hybridized carbons (Fsp3) is 0.650. The molecule has 1 aromatic carbocycles. The standard InChI is InChI=1S/C20H30N2O3/c1-16-15-25-18(14-23)13-22(16)19(24)20(2)8-10-21(11-9-20)12-17-6-4-3-5-7-17/h3-7,16,18,23H,8-15H2,1-2H3/t16-,18-/m0/s1. The van der Waals surface area contributed by atoms with Gasteiger partial charge in [0.1, 0.15) is 0 Å². The van der Waals surface area contributed by atoms with E-state index in [1.165, 1.54) is 5.56 Å². The van der Waals surface area contributed by atoms with Crippen LogP contribution in [0.2, 0.25) is 0 Å². The number of carbonyl (C=O) groups excluding carboxylic acids is 1. The van der Waals surface area contributed by atoms with Crippen molar-refractivity contribution in [2.75, 3.05) is 32.8 Å². The van der Waals surface area contributed by atoms with Crippen LogP contribution in [0.25, 0.3) is 0 Å². The summed E-state index contributed by atoms with van der Waals surface area (Å²) in [6.45, 7) is 7.94. The Balaban J connectivity index is 1.58. The first-order valence-corrected chi connectivity index (χ1v) is 9.31. The molecule has 2 fully saturated rings. The smallest absolute Gasteiger partial charge is 0.229 e. The van der Waals surface area contributed by atoms with E-state index in [9.17, 15) is 9.90 Å². The maximum Gasteiger partial charge on any atom is 0.229 e. The maximum absolute atomic E-state index is 13.2. The Hall–Kier alpha value is -1.43. The van der Waals surface area contributed by atoms with Gasteiger partial charge in [-0.2, -0.15) is 0 Å². The van der Waals surface area contributed by atoms with Gasteiger partial charge in [0, 0.05) is 18.5 Å². The molecule has 2 heterocycles. The van der Waals surface area contributed by atoms with Crippen molar-refractivity contribution in [2.45, 2.75) is 45.4 Å². The number of piperidine rings is 1. The van der Waals surface area contributed by atoms with E-state index in [2.05, 4.69) is 36.1 Å². The topological polar surface area (TPSA) is 53.0 Å². The number of morpholine rings is 1.